The Bertz CT molecular complexity index is 669. The first-order valence-corrected chi connectivity index (χ1v) is 7.12. The van der Waals surface area contributed by atoms with Crippen molar-refractivity contribution >= 4 is 17.4 Å². The average molecular weight is 302 g/mol. The fourth-order valence-electron chi connectivity index (χ4n) is 2.26. The molecule has 2 aromatic rings. The number of aromatic nitrogens is 1. The second kappa shape index (κ2) is 5.71. The summed E-state index contributed by atoms with van der Waals surface area (Å²) < 4.78 is 14.0. The third kappa shape index (κ3) is 2.98. The molecule has 0 bridgehead atoms. The van der Waals surface area contributed by atoms with Gasteiger partial charge in [0.1, 0.15) is 17.7 Å². The second-order valence-corrected chi connectivity index (χ2v) is 5.48. The third-order valence-corrected chi connectivity index (χ3v) is 3.90. The van der Waals surface area contributed by atoms with E-state index in [1.54, 1.807) is 24.3 Å². The zero-order valence-electron chi connectivity index (χ0n) is 11.3. The Kier molecular flexibility index (Phi) is 3.76. The van der Waals surface area contributed by atoms with Gasteiger partial charge in [-0.05, 0) is 37.1 Å². The molecule has 0 saturated heterocycles. The summed E-state index contributed by atoms with van der Waals surface area (Å²) in [5, 5.41) is 9.25. The molecule has 0 aliphatic heterocycles. The van der Waals surface area contributed by atoms with Gasteiger partial charge in [-0.15, -0.1) is 0 Å². The molecule has 21 heavy (non-hydrogen) atoms. The van der Waals surface area contributed by atoms with Gasteiger partial charge in [-0.3, -0.25) is 0 Å². The number of benzene rings is 1. The van der Waals surface area contributed by atoms with Gasteiger partial charge in [-0.2, -0.15) is 5.26 Å². The minimum atomic E-state index is -0.304. The van der Waals surface area contributed by atoms with Gasteiger partial charge < -0.3 is 4.90 Å². The number of nitriles is 1. The van der Waals surface area contributed by atoms with Gasteiger partial charge in [-0.25, -0.2) is 9.37 Å². The van der Waals surface area contributed by atoms with E-state index in [0.29, 0.717) is 28.7 Å². The Hall–Kier alpha value is -2.12. The Balaban J connectivity index is 1.90. The molecule has 106 valence electrons. The van der Waals surface area contributed by atoms with Crippen LogP contribution in [0, 0.1) is 17.1 Å². The van der Waals surface area contributed by atoms with Crippen LogP contribution in [-0.4, -0.2) is 11.0 Å². The molecule has 1 aliphatic rings. The number of hydrogen-bond donors (Lipinski definition) is 0. The highest BCUT2D eigenvalue weighted by Crippen LogP contribution is 2.33. The minimum absolute atomic E-state index is 0.304. The van der Waals surface area contributed by atoms with E-state index in [-0.39, 0.29) is 5.82 Å². The molecule has 1 fully saturated rings. The van der Waals surface area contributed by atoms with Crippen molar-refractivity contribution in [1.82, 2.24) is 4.98 Å². The summed E-state index contributed by atoms with van der Waals surface area (Å²) >= 11 is 6.10. The van der Waals surface area contributed by atoms with E-state index in [0.717, 1.165) is 18.7 Å². The van der Waals surface area contributed by atoms with Gasteiger partial charge in [0.25, 0.3) is 0 Å². The quantitative estimate of drug-likeness (QED) is 0.859. The maximum absolute atomic E-state index is 14.0. The van der Waals surface area contributed by atoms with Crippen LogP contribution in [-0.2, 0) is 6.54 Å². The summed E-state index contributed by atoms with van der Waals surface area (Å²) in [6.45, 7) is 0.384. The van der Waals surface area contributed by atoms with Crippen molar-refractivity contribution < 1.29 is 4.39 Å². The van der Waals surface area contributed by atoms with Crippen LogP contribution in [0.5, 0.6) is 0 Å². The van der Waals surface area contributed by atoms with Crippen LogP contribution in [0.4, 0.5) is 10.2 Å². The average Bonchev–Trinajstić information content (AvgIpc) is 3.32. The lowest BCUT2D eigenvalue weighted by Crippen LogP contribution is -2.26. The number of rotatable bonds is 4. The molecule has 5 heteroatoms. The molecule has 0 spiro atoms. The van der Waals surface area contributed by atoms with Gasteiger partial charge in [0.05, 0.1) is 5.56 Å². The Morgan fingerprint density at radius 3 is 2.71 bits per heavy atom. The van der Waals surface area contributed by atoms with E-state index < -0.39 is 0 Å². The standard InChI is InChI=1S/C16H13ClFN3/c17-14-2-1-3-15(18)13(14)10-21(12-5-6-12)16-7-4-11(8-19)9-20-16/h1-4,7,9,12H,5-6,10H2. The Morgan fingerprint density at radius 1 is 1.33 bits per heavy atom. The molecule has 3 rings (SSSR count). The van der Waals surface area contributed by atoms with Gasteiger partial charge in [-0.1, -0.05) is 17.7 Å². The second-order valence-electron chi connectivity index (χ2n) is 5.08. The summed E-state index contributed by atoms with van der Waals surface area (Å²) in [7, 11) is 0. The van der Waals surface area contributed by atoms with Crippen molar-refractivity contribution in [2.75, 3.05) is 4.90 Å². The molecular weight excluding hydrogens is 289 g/mol. The highest BCUT2D eigenvalue weighted by molar-refractivity contribution is 6.31. The van der Waals surface area contributed by atoms with E-state index >= 15 is 0 Å². The molecule has 1 aliphatic carbocycles. The molecule has 0 radical (unpaired) electrons. The molecule has 1 aromatic heterocycles. The SMILES string of the molecule is N#Cc1ccc(N(Cc2c(F)cccc2Cl)C2CC2)nc1. The smallest absolute Gasteiger partial charge is 0.129 e. The van der Waals surface area contributed by atoms with Crippen molar-refractivity contribution in [2.45, 2.75) is 25.4 Å². The van der Waals surface area contributed by atoms with Crippen molar-refractivity contribution in [3.8, 4) is 6.07 Å². The molecule has 0 atom stereocenters. The summed E-state index contributed by atoms with van der Waals surface area (Å²) in [4.78, 5) is 6.35. The van der Waals surface area contributed by atoms with Crippen LogP contribution >= 0.6 is 11.6 Å². The van der Waals surface area contributed by atoms with Crippen molar-refractivity contribution in [3.05, 3.63) is 58.5 Å². The maximum atomic E-state index is 14.0. The molecule has 1 aromatic carbocycles. The lowest BCUT2D eigenvalue weighted by Gasteiger charge is -2.24. The van der Waals surface area contributed by atoms with Gasteiger partial charge in [0, 0.05) is 29.4 Å². The minimum Gasteiger partial charge on any atom is -0.349 e. The molecule has 0 N–H and O–H groups in total. The normalized spacial score (nSPS) is 13.8. The maximum Gasteiger partial charge on any atom is 0.129 e. The van der Waals surface area contributed by atoms with E-state index in [2.05, 4.69) is 4.98 Å². The van der Waals surface area contributed by atoms with Crippen LogP contribution in [0.2, 0.25) is 5.02 Å². The first kappa shape index (κ1) is 13.8. The predicted molar refractivity (Wildman–Crippen MR) is 79.6 cm³/mol. The largest absolute Gasteiger partial charge is 0.349 e. The highest BCUT2D eigenvalue weighted by atomic mass is 35.5. The van der Waals surface area contributed by atoms with Crippen LogP contribution in [0.25, 0.3) is 0 Å². The fourth-order valence-corrected chi connectivity index (χ4v) is 2.48. The topological polar surface area (TPSA) is 39.9 Å². The first-order valence-electron chi connectivity index (χ1n) is 6.74. The fraction of sp³-hybridized carbons (Fsp3) is 0.250. The van der Waals surface area contributed by atoms with Gasteiger partial charge in [0.2, 0.25) is 0 Å². The zero-order chi connectivity index (χ0) is 14.8. The van der Waals surface area contributed by atoms with Crippen LogP contribution in [0.15, 0.2) is 36.5 Å². The lowest BCUT2D eigenvalue weighted by molar-refractivity contribution is 0.602. The van der Waals surface area contributed by atoms with Gasteiger partial charge in [0.15, 0.2) is 0 Å². The monoisotopic (exact) mass is 301 g/mol. The summed E-state index contributed by atoms with van der Waals surface area (Å²) in [5.41, 5.74) is 0.996. The molecule has 0 unspecified atom stereocenters. The number of halogens is 2. The number of nitrogens with zero attached hydrogens (tertiary/aromatic N) is 3. The first-order chi connectivity index (χ1) is 10.2. The summed E-state index contributed by atoms with van der Waals surface area (Å²) in [6, 6.07) is 10.6. The summed E-state index contributed by atoms with van der Waals surface area (Å²) in [5.74, 6) is 0.442. The lowest BCUT2D eigenvalue weighted by atomic mass is 10.2. The van der Waals surface area contributed by atoms with E-state index in [4.69, 9.17) is 16.9 Å². The Morgan fingerprint density at radius 2 is 2.14 bits per heavy atom. The summed E-state index contributed by atoms with van der Waals surface area (Å²) in [6.07, 6.45) is 3.66. The van der Waals surface area contributed by atoms with E-state index in [9.17, 15) is 4.39 Å². The zero-order valence-corrected chi connectivity index (χ0v) is 12.0. The highest BCUT2D eigenvalue weighted by Gasteiger charge is 2.31. The van der Waals surface area contributed by atoms with Gasteiger partial charge >= 0.3 is 0 Å². The number of pyridine rings is 1. The molecule has 1 saturated carbocycles. The van der Waals surface area contributed by atoms with E-state index in [1.807, 2.05) is 11.0 Å². The van der Waals surface area contributed by atoms with Crippen LogP contribution in [0.3, 0.4) is 0 Å². The van der Waals surface area contributed by atoms with Crippen molar-refractivity contribution in [2.24, 2.45) is 0 Å². The molecular formula is C16H13ClFN3. The van der Waals surface area contributed by atoms with Crippen molar-refractivity contribution in [1.29, 1.82) is 5.26 Å². The van der Waals surface area contributed by atoms with Crippen LogP contribution in [0.1, 0.15) is 24.0 Å². The van der Waals surface area contributed by atoms with Crippen LogP contribution < -0.4 is 4.90 Å². The number of hydrogen-bond acceptors (Lipinski definition) is 3. The Labute approximate surface area is 127 Å². The molecule has 1 heterocycles. The predicted octanol–water partition coefficient (Wildman–Crippen LogP) is 3.91. The third-order valence-electron chi connectivity index (χ3n) is 3.55. The van der Waals surface area contributed by atoms with Crippen molar-refractivity contribution in [3.63, 3.8) is 0 Å². The molecule has 3 nitrogen and oxygen atoms in total. The molecule has 0 amide bonds. The number of anilines is 1. The van der Waals surface area contributed by atoms with E-state index in [1.165, 1.54) is 12.3 Å².